The van der Waals surface area contributed by atoms with E-state index in [1.165, 1.54) is 15.6 Å². The molecule has 1 aromatic rings. The van der Waals surface area contributed by atoms with Gasteiger partial charge in [0.25, 0.3) is 0 Å². The summed E-state index contributed by atoms with van der Waals surface area (Å²) in [6.45, 7) is 0.479. The molecule has 0 saturated heterocycles. The standard InChI is InChI=1S/C8H14N4O2/c1-9-7(13)4-3-5-12-8(14)11(2)6-10-12/h6H,3-5H2,1-2H3,(H,9,13). The molecule has 78 valence electrons. The molecular formula is C8H14N4O2. The van der Waals surface area contributed by atoms with E-state index in [2.05, 4.69) is 10.4 Å². The van der Waals surface area contributed by atoms with Crippen LogP contribution in [0.1, 0.15) is 12.8 Å². The zero-order chi connectivity index (χ0) is 10.6. The molecule has 6 nitrogen and oxygen atoms in total. The second kappa shape index (κ2) is 4.59. The Kier molecular flexibility index (Phi) is 3.44. The molecule has 0 radical (unpaired) electrons. The third-order valence-corrected chi connectivity index (χ3v) is 1.94. The van der Waals surface area contributed by atoms with Gasteiger partial charge in [0.1, 0.15) is 6.33 Å². The second-order valence-electron chi connectivity index (χ2n) is 3.02. The summed E-state index contributed by atoms with van der Waals surface area (Å²) in [5.41, 5.74) is -0.151. The quantitative estimate of drug-likeness (QED) is 0.682. The molecule has 1 N–H and O–H groups in total. The lowest BCUT2D eigenvalue weighted by Gasteiger charge is -1.99. The van der Waals surface area contributed by atoms with Crippen LogP contribution in [0, 0.1) is 0 Å². The van der Waals surface area contributed by atoms with E-state index in [9.17, 15) is 9.59 Å². The number of carbonyl (C=O) groups is 1. The maximum atomic E-state index is 11.3. The number of aromatic nitrogens is 3. The Labute approximate surface area is 81.5 Å². The van der Waals surface area contributed by atoms with Crippen LogP contribution in [0.2, 0.25) is 0 Å². The minimum Gasteiger partial charge on any atom is -0.359 e. The first-order chi connectivity index (χ1) is 6.65. The van der Waals surface area contributed by atoms with Gasteiger partial charge in [0.05, 0.1) is 0 Å². The van der Waals surface area contributed by atoms with Gasteiger partial charge in [-0.1, -0.05) is 0 Å². The van der Waals surface area contributed by atoms with Crippen molar-refractivity contribution in [3.8, 4) is 0 Å². The molecule has 1 rings (SSSR count). The molecule has 1 amide bonds. The number of hydrogen-bond donors (Lipinski definition) is 1. The van der Waals surface area contributed by atoms with Crippen molar-refractivity contribution in [1.82, 2.24) is 19.7 Å². The van der Waals surface area contributed by atoms with Gasteiger partial charge in [0, 0.05) is 27.1 Å². The third kappa shape index (κ3) is 2.45. The van der Waals surface area contributed by atoms with Gasteiger partial charge in [-0.05, 0) is 6.42 Å². The first-order valence-corrected chi connectivity index (χ1v) is 4.44. The van der Waals surface area contributed by atoms with Crippen molar-refractivity contribution in [2.24, 2.45) is 7.05 Å². The molecule has 0 saturated carbocycles. The summed E-state index contributed by atoms with van der Waals surface area (Å²) < 4.78 is 2.75. The van der Waals surface area contributed by atoms with Crippen molar-refractivity contribution in [2.45, 2.75) is 19.4 Å². The summed E-state index contributed by atoms with van der Waals surface area (Å²) in [5, 5.41) is 6.39. The molecule has 6 heteroatoms. The Morgan fingerprint density at radius 3 is 2.86 bits per heavy atom. The smallest absolute Gasteiger partial charge is 0.345 e. The molecule has 1 heterocycles. The topological polar surface area (TPSA) is 68.9 Å². The van der Waals surface area contributed by atoms with Crippen LogP contribution in [-0.2, 0) is 18.4 Å². The normalized spacial score (nSPS) is 10.1. The van der Waals surface area contributed by atoms with Crippen LogP contribution in [-0.4, -0.2) is 27.3 Å². The van der Waals surface area contributed by atoms with Gasteiger partial charge in [0.2, 0.25) is 5.91 Å². The average molecular weight is 198 g/mol. The molecule has 0 aliphatic rings. The Morgan fingerprint density at radius 1 is 1.64 bits per heavy atom. The van der Waals surface area contributed by atoms with E-state index >= 15 is 0 Å². The summed E-state index contributed by atoms with van der Waals surface area (Å²) in [4.78, 5) is 22.1. The van der Waals surface area contributed by atoms with Gasteiger partial charge in [0.15, 0.2) is 0 Å². The molecule has 1 aromatic heterocycles. The van der Waals surface area contributed by atoms with Crippen LogP contribution in [0.5, 0.6) is 0 Å². The predicted molar refractivity (Wildman–Crippen MR) is 50.8 cm³/mol. The lowest BCUT2D eigenvalue weighted by atomic mass is 10.3. The maximum absolute atomic E-state index is 11.3. The molecule has 14 heavy (non-hydrogen) atoms. The lowest BCUT2D eigenvalue weighted by Crippen LogP contribution is -2.24. The number of aryl methyl sites for hydroxylation is 2. The summed E-state index contributed by atoms with van der Waals surface area (Å²) in [7, 11) is 3.24. The van der Waals surface area contributed by atoms with Crippen LogP contribution in [0.4, 0.5) is 0 Å². The highest BCUT2D eigenvalue weighted by Gasteiger charge is 2.02. The highest BCUT2D eigenvalue weighted by atomic mass is 16.2. The monoisotopic (exact) mass is 198 g/mol. The van der Waals surface area contributed by atoms with Gasteiger partial charge in [-0.2, -0.15) is 5.10 Å². The van der Waals surface area contributed by atoms with Gasteiger partial charge in [-0.15, -0.1) is 0 Å². The summed E-state index contributed by atoms with van der Waals surface area (Å²) in [5.74, 6) is -0.0195. The fourth-order valence-corrected chi connectivity index (χ4v) is 1.09. The van der Waals surface area contributed by atoms with Crippen molar-refractivity contribution in [1.29, 1.82) is 0 Å². The summed E-state index contributed by atoms with van der Waals surface area (Å²) in [6.07, 6.45) is 2.50. The Bertz CT molecular complexity index is 366. The van der Waals surface area contributed by atoms with Crippen LogP contribution in [0.15, 0.2) is 11.1 Å². The fourth-order valence-electron chi connectivity index (χ4n) is 1.09. The van der Waals surface area contributed by atoms with Crippen LogP contribution < -0.4 is 11.0 Å². The zero-order valence-corrected chi connectivity index (χ0v) is 8.36. The highest BCUT2D eigenvalue weighted by molar-refractivity contribution is 5.75. The van der Waals surface area contributed by atoms with E-state index in [4.69, 9.17) is 0 Å². The molecule has 0 spiro atoms. The van der Waals surface area contributed by atoms with Crippen LogP contribution in [0.3, 0.4) is 0 Å². The van der Waals surface area contributed by atoms with E-state index in [-0.39, 0.29) is 11.6 Å². The van der Waals surface area contributed by atoms with Crippen molar-refractivity contribution in [2.75, 3.05) is 7.05 Å². The maximum Gasteiger partial charge on any atom is 0.345 e. The Hall–Kier alpha value is -1.59. The van der Waals surface area contributed by atoms with Crippen LogP contribution in [0.25, 0.3) is 0 Å². The van der Waals surface area contributed by atoms with Crippen LogP contribution >= 0.6 is 0 Å². The molecule has 0 aliphatic heterocycles. The Balaban J connectivity index is 2.43. The molecule has 0 bridgehead atoms. The number of rotatable bonds is 4. The number of amides is 1. The molecular weight excluding hydrogens is 184 g/mol. The minimum atomic E-state index is -0.151. The molecule has 0 aliphatic carbocycles. The third-order valence-electron chi connectivity index (χ3n) is 1.94. The number of nitrogens with zero attached hydrogens (tertiary/aromatic N) is 3. The first-order valence-electron chi connectivity index (χ1n) is 4.44. The largest absolute Gasteiger partial charge is 0.359 e. The average Bonchev–Trinajstić information content (AvgIpc) is 2.49. The fraction of sp³-hybridized carbons (Fsp3) is 0.625. The second-order valence-corrected chi connectivity index (χ2v) is 3.02. The highest BCUT2D eigenvalue weighted by Crippen LogP contribution is 1.90. The van der Waals surface area contributed by atoms with E-state index in [0.717, 1.165) is 0 Å². The predicted octanol–water partition coefficient (Wildman–Crippen LogP) is -0.892. The molecule has 0 atom stereocenters. The van der Waals surface area contributed by atoms with Crippen molar-refractivity contribution in [3.05, 3.63) is 16.8 Å². The van der Waals surface area contributed by atoms with E-state index < -0.39 is 0 Å². The van der Waals surface area contributed by atoms with Crippen molar-refractivity contribution in [3.63, 3.8) is 0 Å². The number of carbonyl (C=O) groups excluding carboxylic acids is 1. The lowest BCUT2D eigenvalue weighted by molar-refractivity contribution is -0.120. The van der Waals surface area contributed by atoms with E-state index in [0.29, 0.717) is 19.4 Å². The van der Waals surface area contributed by atoms with E-state index in [1.807, 2.05) is 0 Å². The first kappa shape index (κ1) is 10.5. The molecule has 0 aromatic carbocycles. The zero-order valence-electron chi connectivity index (χ0n) is 8.36. The summed E-state index contributed by atoms with van der Waals surface area (Å²) >= 11 is 0. The SMILES string of the molecule is CNC(=O)CCCn1ncn(C)c1=O. The minimum absolute atomic E-state index is 0.0195. The van der Waals surface area contributed by atoms with E-state index in [1.54, 1.807) is 14.1 Å². The van der Waals surface area contributed by atoms with Gasteiger partial charge >= 0.3 is 5.69 Å². The number of nitrogens with one attached hydrogen (secondary N) is 1. The number of hydrogen-bond acceptors (Lipinski definition) is 3. The van der Waals surface area contributed by atoms with Crippen molar-refractivity contribution >= 4 is 5.91 Å². The van der Waals surface area contributed by atoms with Gasteiger partial charge < -0.3 is 5.32 Å². The van der Waals surface area contributed by atoms with Gasteiger partial charge in [-0.3, -0.25) is 9.36 Å². The van der Waals surface area contributed by atoms with Gasteiger partial charge in [-0.25, -0.2) is 9.48 Å². The van der Waals surface area contributed by atoms with Crippen molar-refractivity contribution < 1.29 is 4.79 Å². The molecule has 0 unspecified atom stereocenters. The Morgan fingerprint density at radius 2 is 2.36 bits per heavy atom. The summed E-state index contributed by atoms with van der Waals surface area (Å²) in [6, 6.07) is 0. The molecule has 0 fully saturated rings.